The Morgan fingerprint density at radius 3 is 2.45 bits per heavy atom. The number of hydrogen-bond donors (Lipinski definition) is 1. The van der Waals surface area contributed by atoms with Crippen LogP contribution in [0.5, 0.6) is 0 Å². The van der Waals surface area contributed by atoms with E-state index in [2.05, 4.69) is 16.4 Å². The van der Waals surface area contributed by atoms with Crippen molar-refractivity contribution in [1.29, 1.82) is 0 Å². The van der Waals surface area contributed by atoms with Gasteiger partial charge in [-0.1, -0.05) is 6.07 Å². The van der Waals surface area contributed by atoms with Gasteiger partial charge < -0.3 is 5.32 Å². The van der Waals surface area contributed by atoms with Crippen LogP contribution in [0.25, 0.3) is 0 Å². The number of aromatic nitrogens is 1. The molecule has 1 heterocycles. The number of rotatable bonds is 1. The number of aryl methyl sites for hydroxylation is 2. The highest BCUT2D eigenvalue weighted by Crippen LogP contribution is 2.10. The number of pyridine rings is 1. The van der Waals surface area contributed by atoms with Gasteiger partial charge in [-0.3, -0.25) is 0 Å². The van der Waals surface area contributed by atoms with Crippen molar-refractivity contribution in [3.05, 3.63) is 23.4 Å². The maximum Gasteiger partial charge on any atom is 0.128 e. The molecule has 62 valence electrons. The number of halogens is 1. The maximum atomic E-state index is 4.19. The van der Waals surface area contributed by atoms with Gasteiger partial charge in [0.2, 0.25) is 0 Å². The third kappa shape index (κ3) is 2.39. The lowest BCUT2D eigenvalue weighted by molar-refractivity contribution is 1.20. The van der Waals surface area contributed by atoms with Gasteiger partial charge >= 0.3 is 0 Å². The van der Waals surface area contributed by atoms with Crippen LogP contribution in [0.15, 0.2) is 12.3 Å². The minimum absolute atomic E-state index is 0. The van der Waals surface area contributed by atoms with Gasteiger partial charge in [0.05, 0.1) is 0 Å². The zero-order chi connectivity index (χ0) is 7.56. The number of nitrogens with zero attached hydrogens (tertiary/aromatic N) is 1. The van der Waals surface area contributed by atoms with E-state index in [1.807, 2.05) is 27.1 Å². The van der Waals surface area contributed by atoms with E-state index in [9.17, 15) is 0 Å². The van der Waals surface area contributed by atoms with Crippen LogP contribution < -0.4 is 5.32 Å². The molecule has 0 aliphatic carbocycles. The molecule has 11 heavy (non-hydrogen) atoms. The lowest BCUT2D eigenvalue weighted by atomic mass is 10.2. The van der Waals surface area contributed by atoms with Gasteiger partial charge in [-0.2, -0.15) is 0 Å². The average molecular weight is 173 g/mol. The van der Waals surface area contributed by atoms with Crippen molar-refractivity contribution in [3.63, 3.8) is 0 Å². The summed E-state index contributed by atoms with van der Waals surface area (Å²) in [4.78, 5) is 4.19. The van der Waals surface area contributed by atoms with Crippen molar-refractivity contribution < 1.29 is 0 Å². The molecule has 0 aliphatic heterocycles. The molecule has 1 aromatic heterocycles. The Kier molecular flexibility index (Phi) is 3.90. The first-order valence-corrected chi connectivity index (χ1v) is 3.35. The first kappa shape index (κ1) is 10.2. The van der Waals surface area contributed by atoms with E-state index in [1.54, 1.807) is 0 Å². The summed E-state index contributed by atoms with van der Waals surface area (Å²) in [5.41, 5.74) is 2.40. The van der Waals surface area contributed by atoms with Crippen LogP contribution in [0.2, 0.25) is 0 Å². The third-order valence-corrected chi connectivity index (χ3v) is 1.45. The lowest BCUT2D eigenvalue weighted by Crippen LogP contribution is -1.94. The van der Waals surface area contributed by atoms with Crippen molar-refractivity contribution >= 4 is 18.2 Å². The molecule has 0 aliphatic rings. The molecular formula is C8H13ClN2. The third-order valence-electron chi connectivity index (χ3n) is 1.45. The van der Waals surface area contributed by atoms with Crippen molar-refractivity contribution in [3.8, 4) is 0 Å². The van der Waals surface area contributed by atoms with E-state index in [-0.39, 0.29) is 12.4 Å². The first-order chi connectivity index (χ1) is 4.74. The molecule has 2 nitrogen and oxygen atoms in total. The molecule has 0 bridgehead atoms. The lowest BCUT2D eigenvalue weighted by Gasteiger charge is -2.02. The highest BCUT2D eigenvalue weighted by molar-refractivity contribution is 5.85. The van der Waals surface area contributed by atoms with E-state index in [0.717, 1.165) is 5.82 Å². The molecule has 0 saturated carbocycles. The highest BCUT2D eigenvalue weighted by Gasteiger charge is 1.94. The fourth-order valence-electron chi connectivity index (χ4n) is 0.977. The number of hydrogen-bond acceptors (Lipinski definition) is 2. The summed E-state index contributed by atoms with van der Waals surface area (Å²) in [6.45, 7) is 4.09. The van der Waals surface area contributed by atoms with E-state index in [0.29, 0.717) is 0 Å². The molecule has 0 atom stereocenters. The molecule has 0 aromatic carbocycles. The summed E-state index contributed by atoms with van der Waals surface area (Å²) < 4.78 is 0. The van der Waals surface area contributed by atoms with Crippen LogP contribution in [0.1, 0.15) is 11.1 Å². The topological polar surface area (TPSA) is 24.9 Å². The zero-order valence-corrected chi connectivity index (χ0v) is 7.83. The number of nitrogens with one attached hydrogen (secondary N) is 1. The zero-order valence-electron chi connectivity index (χ0n) is 7.01. The Balaban J connectivity index is 0.000001000. The molecule has 0 amide bonds. The predicted molar refractivity (Wildman–Crippen MR) is 50.5 cm³/mol. The Labute approximate surface area is 73.4 Å². The molecule has 0 saturated heterocycles. The second-order valence-corrected chi connectivity index (χ2v) is 2.43. The second kappa shape index (κ2) is 4.19. The van der Waals surface area contributed by atoms with Crippen LogP contribution in [0.3, 0.4) is 0 Å². The van der Waals surface area contributed by atoms with Gasteiger partial charge in [0, 0.05) is 13.2 Å². The molecule has 0 radical (unpaired) electrons. The second-order valence-electron chi connectivity index (χ2n) is 2.43. The van der Waals surface area contributed by atoms with Crippen LogP contribution in [-0.4, -0.2) is 12.0 Å². The van der Waals surface area contributed by atoms with Gasteiger partial charge in [-0.05, 0) is 25.0 Å². The summed E-state index contributed by atoms with van der Waals surface area (Å²) in [7, 11) is 1.88. The predicted octanol–water partition coefficient (Wildman–Crippen LogP) is 2.16. The van der Waals surface area contributed by atoms with E-state index >= 15 is 0 Å². The summed E-state index contributed by atoms with van der Waals surface area (Å²) in [5.74, 6) is 0.964. The minimum atomic E-state index is 0. The van der Waals surface area contributed by atoms with Crippen molar-refractivity contribution in [1.82, 2.24) is 4.98 Å². The van der Waals surface area contributed by atoms with Crippen LogP contribution in [0, 0.1) is 13.8 Å². The van der Waals surface area contributed by atoms with Crippen molar-refractivity contribution in [2.45, 2.75) is 13.8 Å². The molecule has 1 N–H and O–H groups in total. The summed E-state index contributed by atoms with van der Waals surface area (Å²) in [5, 5.41) is 3.01. The molecule has 0 unspecified atom stereocenters. The standard InChI is InChI=1S/C8H12N2.ClH/c1-6-4-7(2)8(9-3)10-5-6;/h4-5H,1-3H3,(H,9,10);1H. The number of anilines is 1. The minimum Gasteiger partial charge on any atom is -0.373 e. The van der Waals surface area contributed by atoms with Gasteiger partial charge in [0.15, 0.2) is 0 Å². The Hall–Kier alpha value is -0.760. The molecular weight excluding hydrogens is 160 g/mol. The van der Waals surface area contributed by atoms with Crippen LogP contribution in [-0.2, 0) is 0 Å². The fourth-order valence-corrected chi connectivity index (χ4v) is 0.977. The Morgan fingerprint density at radius 2 is 2.00 bits per heavy atom. The maximum absolute atomic E-state index is 4.19. The van der Waals surface area contributed by atoms with Crippen molar-refractivity contribution in [2.24, 2.45) is 0 Å². The normalized spacial score (nSPS) is 8.64. The van der Waals surface area contributed by atoms with Gasteiger partial charge in [0.25, 0.3) is 0 Å². The molecule has 1 aromatic rings. The van der Waals surface area contributed by atoms with Crippen LogP contribution in [0.4, 0.5) is 5.82 Å². The van der Waals surface area contributed by atoms with Gasteiger partial charge in [-0.15, -0.1) is 12.4 Å². The SMILES string of the molecule is CNc1ncc(C)cc1C.Cl. The molecule has 3 heteroatoms. The fraction of sp³-hybridized carbons (Fsp3) is 0.375. The molecule has 1 rings (SSSR count). The van der Waals surface area contributed by atoms with Crippen LogP contribution >= 0.6 is 12.4 Å². The Bertz CT molecular complexity index is 236. The van der Waals surface area contributed by atoms with E-state index in [1.165, 1.54) is 11.1 Å². The largest absolute Gasteiger partial charge is 0.373 e. The molecule has 0 fully saturated rings. The summed E-state index contributed by atoms with van der Waals surface area (Å²) >= 11 is 0. The van der Waals surface area contributed by atoms with Gasteiger partial charge in [0.1, 0.15) is 5.82 Å². The van der Waals surface area contributed by atoms with Gasteiger partial charge in [-0.25, -0.2) is 4.98 Å². The average Bonchev–Trinajstić information content (AvgIpc) is 1.88. The highest BCUT2D eigenvalue weighted by atomic mass is 35.5. The molecule has 0 spiro atoms. The monoisotopic (exact) mass is 172 g/mol. The van der Waals surface area contributed by atoms with E-state index < -0.39 is 0 Å². The van der Waals surface area contributed by atoms with E-state index in [4.69, 9.17) is 0 Å². The smallest absolute Gasteiger partial charge is 0.128 e. The quantitative estimate of drug-likeness (QED) is 0.703. The Morgan fingerprint density at radius 1 is 1.36 bits per heavy atom. The summed E-state index contributed by atoms with van der Waals surface area (Å²) in [6, 6.07) is 2.11. The first-order valence-electron chi connectivity index (χ1n) is 3.35. The van der Waals surface area contributed by atoms with Crippen molar-refractivity contribution in [2.75, 3.05) is 12.4 Å². The summed E-state index contributed by atoms with van der Waals surface area (Å²) in [6.07, 6.45) is 1.86.